The maximum absolute atomic E-state index is 12.4. The van der Waals surface area contributed by atoms with Crippen LogP contribution in [0.3, 0.4) is 0 Å². The van der Waals surface area contributed by atoms with Gasteiger partial charge in [-0.15, -0.1) is 0 Å². The van der Waals surface area contributed by atoms with Gasteiger partial charge in [-0.2, -0.15) is 0 Å². The van der Waals surface area contributed by atoms with Crippen molar-refractivity contribution in [3.63, 3.8) is 0 Å². The molecule has 1 aliphatic heterocycles. The van der Waals surface area contributed by atoms with Crippen LogP contribution in [0.4, 0.5) is 0 Å². The second kappa shape index (κ2) is 6.98. The highest BCUT2D eigenvalue weighted by Crippen LogP contribution is 2.34. The van der Waals surface area contributed by atoms with Gasteiger partial charge < -0.3 is 14.7 Å². The fourth-order valence-electron chi connectivity index (χ4n) is 2.18. The third-order valence-corrected chi connectivity index (χ3v) is 4.26. The first-order valence-corrected chi connectivity index (χ1v) is 8.23. The van der Waals surface area contributed by atoms with Crippen LogP contribution in [0.1, 0.15) is 17.2 Å². The van der Waals surface area contributed by atoms with Crippen molar-refractivity contribution in [3.05, 3.63) is 82.4 Å². The molecule has 1 atom stereocenters. The van der Waals surface area contributed by atoms with Crippen molar-refractivity contribution in [2.24, 2.45) is 5.73 Å². The van der Waals surface area contributed by atoms with Crippen molar-refractivity contribution in [2.45, 2.75) is 11.9 Å². The zero-order chi connectivity index (χ0) is 16.2. The molecule has 2 aromatic rings. The molecule has 0 aromatic heterocycles. The van der Waals surface area contributed by atoms with Gasteiger partial charge in [-0.05, 0) is 17.7 Å². The molecule has 4 nitrogen and oxygen atoms in total. The van der Waals surface area contributed by atoms with Crippen molar-refractivity contribution in [2.75, 3.05) is 0 Å². The average Bonchev–Trinajstić information content (AvgIpc) is 2.84. The van der Waals surface area contributed by atoms with Crippen LogP contribution in [0, 0.1) is 0 Å². The van der Waals surface area contributed by atoms with Gasteiger partial charge in [-0.1, -0.05) is 54.1 Å². The van der Waals surface area contributed by atoms with E-state index >= 15 is 0 Å². The average molecular weight is 348 g/mol. The lowest BCUT2D eigenvalue weighted by molar-refractivity contribution is -0.122. The van der Waals surface area contributed by atoms with Gasteiger partial charge in [0, 0.05) is 10.6 Å². The van der Waals surface area contributed by atoms with Crippen molar-refractivity contribution in [1.82, 2.24) is 0 Å². The number of rotatable bonds is 5. The third-order valence-electron chi connectivity index (χ3n) is 3.29. The first kappa shape index (κ1) is 15.8. The van der Waals surface area contributed by atoms with Gasteiger partial charge in [0.15, 0.2) is 6.10 Å². The second-order valence-corrected chi connectivity index (χ2v) is 6.07. The predicted octanol–water partition coefficient (Wildman–Crippen LogP) is 3.97. The third kappa shape index (κ3) is 3.63. The zero-order valence-electron chi connectivity index (χ0n) is 12.1. The highest BCUT2D eigenvalue weighted by atomic mass is 35.5. The normalized spacial score (nSPS) is 17.3. The van der Waals surface area contributed by atoms with Crippen LogP contribution in [0.2, 0.25) is 5.02 Å². The van der Waals surface area contributed by atoms with E-state index < -0.39 is 6.10 Å². The Morgan fingerprint density at radius 1 is 1.17 bits per heavy atom. The summed E-state index contributed by atoms with van der Waals surface area (Å²) in [5.41, 5.74) is 7.52. The van der Waals surface area contributed by atoms with E-state index in [0.29, 0.717) is 16.3 Å². The van der Waals surface area contributed by atoms with Crippen LogP contribution in [0.25, 0.3) is 0 Å². The summed E-state index contributed by atoms with van der Waals surface area (Å²) in [6, 6.07) is 16.7. The first-order chi connectivity index (χ1) is 11.1. The van der Waals surface area contributed by atoms with Gasteiger partial charge in [0.25, 0.3) is 0 Å². The number of ketones is 1. The lowest BCUT2D eigenvalue weighted by Crippen LogP contribution is -2.10. The van der Waals surface area contributed by atoms with Crippen molar-refractivity contribution in [3.8, 4) is 0 Å². The summed E-state index contributed by atoms with van der Waals surface area (Å²) >= 11 is 7.09. The molecule has 23 heavy (non-hydrogen) atoms. The number of carbonyl (C=O) groups excluding carboxylic acids is 1. The van der Waals surface area contributed by atoms with E-state index in [1.54, 1.807) is 24.3 Å². The number of carbonyl (C=O) groups is 1. The molecule has 1 heterocycles. The maximum Gasteiger partial charge on any atom is 0.249 e. The van der Waals surface area contributed by atoms with Crippen LogP contribution in [-0.2, 0) is 19.5 Å². The van der Waals surface area contributed by atoms with Gasteiger partial charge in [0.1, 0.15) is 0 Å². The van der Waals surface area contributed by atoms with Gasteiger partial charge in [-0.25, -0.2) is 0 Å². The minimum atomic E-state index is -0.805. The van der Waals surface area contributed by atoms with Crippen LogP contribution < -0.4 is 5.73 Å². The number of benzene rings is 2. The summed E-state index contributed by atoms with van der Waals surface area (Å²) in [5, 5.41) is 0.533. The van der Waals surface area contributed by atoms with Gasteiger partial charge in [0.2, 0.25) is 17.4 Å². The molecule has 0 aliphatic carbocycles. The molecule has 1 aliphatic rings. The molecule has 0 saturated carbocycles. The molecule has 1 unspecified atom stereocenters. The lowest BCUT2D eigenvalue weighted by Gasteiger charge is -2.09. The summed E-state index contributed by atoms with van der Waals surface area (Å²) in [4.78, 5) is 12.4. The number of hydrogen-bond donors (Lipinski definition) is 1. The van der Waals surface area contributed by atoms with Gasteiger partial charge in [0.05, 0.1) is 17.8 Å². The number of ether oxygens (including phenoxy) is 1. The fourth-order valence-corrected chi connectivity index (χ4v) is 3.04. The number of halogens is 1. The maximum atomic E-state index is 12.4. The van der Waals surface area contributed by atoms with Crippen LogP contribution in [0.5, 0.6) is 0 Å². The Morgan fingerprint density at radius 2 is 1.96 bits per heavy atom. The van der Waals surface area contributed by atoms with Crippen LogP contribution in [-0.4, -0.2) is 5.78 Å². The quantitative estimate of drug-likeness (QED) is 0.829. The second-order valence-electron chi connectivity index (χ2n) is 4.94. The van der Waals surface area contributed by atoms with Crippen LogP contribution >= 0.6 is 23.6 Å². The minimum Gasteiger partial charge on any atom is -0.460 e. The summed E-state index contributed by atoms with van der Waals surface area (Å²) in [6.45, 7) is 0. The summed E-state index contributed by atoms with van der Waals surface area (Å²) in [7, 11) is 0. The Balaban J connectivity index is 1.64. The van der Waals surface area contributed by atoms with E-state index in [2.05, 4.69) is 0 Å². The van der Waals surface area contributed by atoms with Gasteiger partial charge in [-0.3, -0.25) is 4.79 Å². The Kier molecular flexibility index (Phi) is 4.79. The molecule has 0 saturated heterocycles. The molecular weight excluding hydrogens is 334 g/mol. The smallest absolute Gasteiger partial charge is 0.249 e. The van der Waals surface area contributed by atoms with E-state index in [0.717, 1.165) is 17.6 Å². The fraction of sp³-hybridized carbons (Fsp3) is 0.118. The van der Waals surface area contributed by atoms with Crippen LogP contribution in [0.15, 0.2) is 66.2 Å². The Labute approximate surface area is 143 Å². The highest BCUT2D eigenvalue weighted by molar-refractivity contribution is 7.94. The molecule has 2 aromatic carbocycles. The summed E-state index contributed by atoms with van der Waals surface area (Å²) in [6.07, 6.45) is -0.805. The monoisotopic (exact) mass is 347 g/mol. The van der Waals surface area contributed by atoms with E-state index in [-0.39, 0.29) is 17.4 Å². The van der Waals surface area contributed by atoms with Crippen molar-refractivity contribution in [1.29, 1.82) is 0 Å². The van der Waals surface area contributed by atoms with E-state index in [1.807, 2.05) is 30.3 Å². The Hall–Kier alpha value is -2.11. The van der Waals surface area contributed by atoms with E-state index in [9.17, 15) is 4.79 Å². The summed E-state index contributed by atoms with van der Waals surface area (Å²) in [5.74, 6) is 0.356. The molecular formula is C17H14ClNO3S. The van der Waals surface area contributed by atoms with Gasteiger partial charge >= 0.3 is 0 Å². The molecule has 0 fully saturated rings. The van der Waals surface area contributed by atoms with E-state index in [4.69, 9.17) is 26.3 Å². The van der Waals surface area contributed by atoms with Crippen molar-refractivity contribution < 1.29 is 13.7 Å². The number of Topliss-reactive ketones (excluding diaryl/α,β-unsaturated/α-hetero) is 1. The SMILES string of the molecule is NC1=C(OSCc2ccccc2)C(=O)C(c2cccc(Cl)c2)O1. The largest absolute Gasteiger partial charge is 0.460 e. The minimum absolute atomic E-state index is 0.000497. The molecule has 0 spiro atoms. The molecule has 0 bridgehead atoms. The highest BCUT2D eigenvalue weighted by Gasteiger charge is 2.37. The molecule has 3 rings (SSSR count). The number of hydrogen-bond acceptors (Lipinski definition) is 5. The summed E-state index contributed by atoms with van der Waals surface area (Å²) < 4.78 is 10.9. The Morgan fingerprint density at radius 3 is 2.70 bits per heavy atom. The predicted molar refractivity (Wildman–Crippen MR) is 90.3 cm³/mol. The topological polar surface area (TPSA) is 61.5 Å². The molecule has 0 radical (unpaired) electrons. The lowest BCUT2D eigenvalue weighted by atomic mass is 10.1. The Bertz CT molecular complexity index is 749. The first-order valence-electron chi connectivity index (χ1n) is 6.94. The zero-order valence-corrected chi connectivity index (χ0v) is 13.6. The van der Waals surface area contributed by atoms with E-state index in [1.165, 1.54) is 0 Å². The van der Waals surface area contributed by atoms with Crippen molar-refractivity contribution >= 4 is 29.4 Å². The molecule has 2 N–H and O–H groups in total. The standard InChI is InChI=1S/C17H14ClNO3S/c18-13-8-4-7-12(9-13)15-14(20)16(17(19)21-15)22-23-10-11-5-2-1-3-6-11/h1-9,15H,10,19H2. The molecule has 0 amide bonds. The molecule has 118 valence electrons. The number of nitrogens with two attached hydrogens (primary N) is 1. The molecule has 6 heteroatoms.